The monoisotopic (exact) mass is 320 g/mol. The van der Waals surface area contributed by atoms with E-state index in [0.717, 1.165) is 24.1 Å². The first kappa shape index (κ1) is 16.9. The molecule has 0 fully saturated rings. The zero-order chi connectivity index (χ0) is 12.2. The molecule has 1 aromatic rings. The van der Waals surface area contributed by atoms with E-state index in [4.69, 9.17) is 5.73 Å². The van der Waals surface area contributed by atoms with Crippen molar-refractivity contribution in [2.24, 2.45) is 11.1 Å². The highest BCUT2D eigenvalue weighted by atomic mass is 79.9. The van der Waals surface area contributed by atoms with Gasteiger partial charge in [0, 0.05) is 17.6 Å². The Bertz CT molecular complexity index is 325. The van der Waals surface area contributed by atoms with Gasteiger partial charge < -0.3 is 10.6 Å². The molecule has 0 radical (unpaired) electrons. The molecule has 0 amide bonds. The predicted octanol–water partition coefficient (Wildman–Crippen LogP) is 3.29. The van der Waals surface area contributed by atoms with Crippen LogP contribution in [0.25, 0.3) is 0 Å². The Balaban J connectivity index is 0.00000256. The molecular formula is C13H22BrClN2. The Hall–Kier alpha value is -0.0900. The maximum absolute atomic E-state index is 5.73. The minimum absolute atomic E-state index is 0. The minimum Gasteiger partial charge on any atom is -0.330 e. The van der Waals surface area contributed by atoms with Crippen molar-refractivity contribution in [3.63, 3.8) is 0 Å². The lowest BCUT2D eigenvalue weighted by molar-refractivity contribution is 0.210. The van der Waals surface area contributed by atoms with Crippen LogP contribution in [-0.2, 0) is 6.54 Å². The summed E-state index contributed by atoms with van der Waals surface area (Å²) in [4.78, 5) is 2.32. The Labute approximate surface area is 119 Å². The lowest BCUT2D eigenvalue weighted by Gasteiger charge is -2.29. The summed E-state index contributed by atoms with van der Waals surface area (Å²) in [7, 11) is 2.14. The first-order valence-corrected chi connectivity index (χ1v) is 6.35. The molecule has 0 atom stereocenters. The molecule has 2 nitrogen and oxygen atoms in total. The summed E-state index contributed by atoms with van der Waals surface area (Å²) in [5.74, 6) is 0. The lowest BCUT2D eigenvalue weighted by atomic mass is 9.93. The molecule has 2 N–H and O–H groups in total. The van der Waals surface area contributed by atoms with E-state index in [9.17, 15) is 0 Å². The van der Waals surface area contributed by atoms with Crippen LogP contribution in [0.4, 0.5) is 0 Å². The summed E-state index contributed by atoms with van der Waals surface area (Å²) in [5, 5.41) is 0. The van der Waals surface area contributed by atoms with Gasteiger partial charge >= 0.3 is 0 Å². The van der Waals surface area contributed by atoms with Crippen molar-refractivity contribution in [1.82, 2.24) is 4.90 Å². The van der Waals surface area contributed by atoms with Crippen LogP contribution in [0.15, 0.2) is 28.7 Å². The Morgan fingerprint density at radius 1 is 1.24 bits per heavy atom. The summed E-state index contributed by atoms with van der Waals surface area (Å²) >= 11 is 3.44. The van der Waals surface area contributed by atoms with Crippen LogP contribution in [0.3, 0.4) is 0 Å². The van der Waals surface area contributed by atoms with Crippen LogP contribution < -0.4 is 5.73 Å². The zero-order valence-corrected chi connectivity index (χ0v) is 13.1. The van der Waals surface area contributed by atoms with E-state index < -0.39 is 0 Å². The first-order valence-electron chi connectivity index (χ1n) is 5.56. The van der Waals surface area contributed by atoms with E-state index in [1.165, 1.54) is 5.56 Å². The molecule has 0 bridgehead atoms. The van der Waals surface area contributed by atoms with Crippen molar-refractivity contribution < 1.29 is 0 Å². The lowest BCUT2D eigenvalue weighted by Crippen LogP contribution is -2.36. The van der Waals surface area contributed by atoms with E-state index in [2.05, 4.69) is 66.0 Å². The fraction of sp³-hybridized carbons (Fsp3) is 0.538. The Kier molecular flexibility index (Phi) is 7.33. The van der Waals surface area contributed by atoms with Gasteiger partial charge in [-0.25, -0.2) is 0 Å². The Morgan fingerprint density at radius 2 is 1.76 bits per heavy atom. The molecule has 0 spiro atoms. The molecule has 0 aliphatic carbocycles. The van der Waals surface area contributed by atoms with Crippen LogP contribution in [0.1, 0.15) is 19.4 Å². The number of hydrogen-bond donors (Lipinski definition) is 1. The number of rotatable bonds is 5. The van der Waals surface area contributed by atoms with E-state index in [1.54, 1.807) is 0 Å². The number of nitrogens with zero attached hydrogens (tertiary/aromatic N) is 1. The molecular weight excluding hydrogens is 300 g/mol. The third kappa shape index (κ3) is 6.41. The van der Waals surface area contributed by atoms with Crippen LogP contribution in [0.5, 0.6) is 0 Å². The van der Waals surface area contributed by atoms with Crippen molar-refractivity contribution in [2.45, 2.75) is 20.4 Å². The third-order valence-corrected chi connectivity index (χ3v) is 3.14. The molecule has 0 aromatic heterocycles. The number of hydrogen-bond acceptors (Lipinski definition) is 2. The summed E-state index contributed by atoms with van der Waals surface area (Å²) in [6.07, 6.45) is 0. The average molecular weight is 322 g/mol. The third-order valence-electron chi connectivity index (χ3n) is 2.62. The molecule has 0 aliphatic heterocycles. The van der Waals surface area contributed by atoms with Gasteiger partial charge in [-0.1, -0.05) is 41.9 Å². The second kappa shape index (κ2) is 7.37. The normalized spacial score (nSPS) is 11.4. The molecule has 4 heteroatoms. The maximum atomic E-state index is 5.73. The van der Waals surface area contributed by atoms with Crippen molar-refractivity contribution in [3.8, 4) is 0 Å². The quantitative estimate of drug-likeness (QED) is 0.901. The standard InChI is InChI=1S/C13H21BrN2.ClH/c1-13(2,9-15)10-16(3)8-11-4-6-12(14)7-5-11;/h4-7H,8-10,15H2,1-3H3;1H. The van der Waals surface area contributed by atoms with Crippen molar-refractivity contribution in [2.75, 3.05) is 20.1 Å². The van der Waals surface area contributed by atoms with Crippen LogP contribution in [-0.4, -0.2) is 25.0 Å². The van der Waals surface area contributed by atoms with Crippen molar-refractivity contribution in [3.05, 3.63) is 34.3 Å². The molecule has 17 heavy (non-hydrogen) atoms. The summed E-state index contributed by atoms with van der Waals surface area (Å²) < 4.78 is 1.13. The van der Waals surface area contributed by atoms with Gasteiger partial charge in [0.2, 0.25) is 0 Å². The largest absolute Gasteiger partial charge is 0.330 e. The second-order valence-corrected chi connectivity index (χ2v) is 6.08. The van der Waals surface area contributed by atoms with Crippen LogP contribution >= 0.6 is 28.3 Å². The Morgan fingerprint density at radius 3 is 2.24 bits per heavy atom. The van der Waals surface area contributed by atoms with E-state index in [0.29, 0.717) is 0 Å². The fourth-order valence-corrected chi connectivity index (χ4v) is 2.02. The van der Waals surface area contributed by atoms with Gasteiger partial charge in [0.05, 0.1) is 0 Å². The minimum atomic E-state index is 0. The molecule has 1 aromatic carbocycles. The number of nitrogens with two attached hydrogens (primary N) is 1. The van der Waals surface area contributed by atoms with Crippen molar-refractivity contribution >= 4 is 28.3 Å². The van der Waals surface area contributed by atoms with Crippen molar-refractivity contribution in [1.29, 1.82) is 0 Å². The van der Waals surface area contributed by atoms with E-state index in [-0.39, 0.29) is 17.8 Å². The zero-order valence-electron chi connectivity index (χ0n) is 10.7. The SMILES string of the molecule is CN(Cc1ccc(Br)cc1)CC(C)(C)CN.Cl. The van der Waals surface area contributed by atoms with Crippen LogP contribution in [0.2, 0.25) is 0 Å². The highest BCUT2D eigenvalue weighted by Crippen LogP contribution is 2.16. The molecule has 0 heterocycles. The predicted molar refractivity (Wildman–Crippen MR) is 80.6 cm³/mol. The highest BCUT2D eigenvalue weighted by Gasteiger charge is 2.17. The summed E-state index contributed by atoms with van der Waals surface area (Å²) in [6, 6.07) is 8.46. The van der Waals surface area contributed by atoms with Gasteiger partial charge in [0.25, 0.3) is 0 Å². The molecule has 0 unspecified atom stereocenters. The molecule has 0 saturated carbocycles. The van der Waals surface area contributed by atoms with Gasteiger partial charge in [0.1, 0.15) is 0 Å². The number of halogens is 2. The topological polar surface area (TPSA) is 29.3 Å². The number of benzene rings is 1. The second-order valence-electron chi connectivity index (χ2n) is 5.17. The molecule has 0 saturated heterocycles. The fourth-order valence-electron chi connectivity index (χ4n) is 1.75. The smallest absolute Gasteiger partial charge is 0.0230 e. The van der Waals surface area contributed by atoms with Gasteiger partial charge in [0.15, 0.2) is 0 Å². The average Bonchev–Trinajstić information content (AvgIpc) is 2.21. The van der Waals surface area contributed by atoms with E-state index >= 15 is 0 Å². The van der Waals surface area contributed by atoms with Gasteiger partial charge in [-0.3, -0.25) is 0 Å². The highest BCUT2D eigenvalue weighted by molar-refractivity contribution is 9.10. The van der Waals surface area contributed by atoms with Crippen LogP contribution in [0, 0.1) is 5.41 Å². The van der Waals surface area contributed by atoms with Gasteiger partial charge in [-0.15, -0.1) is 12.4 Å². The summed E-state index contributed by atoms with van der Waals surface area (Å²) in [6.45, 7) is 7.10. The first-order chi connectivity index (χ1) is 7.43. The van der Waals surface area contributed by atoms with Gasteiger partial charge in [-0.05, 0) is 36.7 Å². The maximum Gasteiger partial charge on any atom is 0.0230 e. The molecule has 98 valence electrons. The summed E-state index contributed by atoms with van der Waals surface area (Å²) in [5.41, 5.74) is 7.25. The molecule has 0 aliphatic rings. The van der Waals surface area contributed by atoms with Gasteiger partial charge in [-0.2, -0.15) is 0 Å². The molecule has 1 rings (SSSR count). The van der Waals surface area contributed by atoms with E-state index in [1.807, 2.05) is 0 Å².